The maximum atomic E-state index is 13.7. The van der Waals surface area contributed by atoms with E-state index in [9.17, 15) is 8.78 Å². The number of benzene rings is 2. The Kier molecular flexibility index (Phi) is 5.98. The van der Waals surface area contributed by atoms with Crippen LogP contribution in [-0.4, -0.2) is 19.1 Å². The molecule has 2 aromatic carbocycles. The van der Waals surface area contributed by atoms with Crippen molar-refractivity contribution in [2.75, 3.05) is 12.4 Å². The Balaban J connectivity index is 0.00000208. The van der Waals surface area contributed by atoms with Gasteiger partial charge in [0.1, 0.15) is 17.4 Å². The van der Waals surface area contributed by atoms with E-state index in [0.29, 0.717) is 6.42 Å². The van der Waals surface area contributed by atoms with Crippen LogP contribution < -0.4 is 15.8 Å². The summed E-state index contributed by atoms with van der Waals surface area (Å²) < 4.78 is 32.5. The molecule has 1 saturated carbocycles. The number of halogens is 3. The molecule has 2 aromatic rings. The minimum atomic E-state index is -0.533. The first-order chi connectivity index (χ1) is 11.1. The molecule has 0 aromatic heterocycles. The minimum Gasteiger partial charge on any atom is -0.497 e. The van der Waals surface area contributed by atoms with Crippen LogP contribution in [0.15, 0.2) is 47.5 Å². The fourth-order valence-corrected chi connectivity index (χ4v) is 2.53. The van der Waals surface area contributed by atoms with Gasteiger partial charge < -0.3 is 15.8 Å². The number of nitrogens with zero attached hydrogens (tertiary/aromatic N) is 1. The summed E-state index contributed by atoms with van der Waals surface area (Å²) in [4.78, 5) is 4.29. The molecule has 0 saturated heterocycles. The third-order valence-electron chi connectivity index (χ3n) is 3.79. The van der Waals surface area contributed by atoms with Crippen LogP contribution in [0.1, 0.15) is 17.9 Å². The van der Waals surface area contributed by atoms with Crippen LogP contribution in [0.5, 0.6) is 5.75 Å². The highest BCUT2D eigenvalue weighted by atomic mass is 127. The van der Waals surface area contributed by atoms with Crippen molar-refractivity contribution in [3.05, 3.63) is 59.7 Å². The average Bonchev–Trinajstić information content (AvgIpc) is 3.26. The van der Waals surface area contributed by atoms with Crippen molar-refractivity contribution in [1.29, 1.82) is 0 Å². The van der Waals surface area contributed by atoms with E-state index in [0.717, 1.165) is 11.4 Å². The van der Waals surface area contributed by atoms with E-state index in [1.807, 2.05) is 12.1 Å². The van der Waals surface area contributed by atoms with Gasteiger partial charge in [-0.1, -0.05) is 6.07 Å². The molecule has 128 valence electrons. The number of anilines is 1. The Morgan fingerprint density at radius 1 is 1.17 bits per heavy atom. The third-order valence-corrected chi connectivity index (χ3v) is 3.79. The summed E-state index contributed by atoms with van der Waals surface area (Å²) in [6, 6.07) is 10.9. The molecule has 0 radical (unpaired) electrons. The Morgan fingerprint density at radius 2 is 1.79 bits per heavy atom. The fraction of sp³-hybridized carbons (Fsp3) is 0.235. The molecular weight excluding hydrogens is 427 g/mol. The van der Waals surface area contributed by atoms with E-state index in [2.05, 4.69) is 10.3 Å². The van der Waals surface area contributed by atoms with E-state index in [1.54, 1.807) is 19.2 Å². The second-order valence-corrected chi connectivity index (χ2v) is 5.41. The molecule has 3 N–H and O–H groups in total. The van der Waals surface area contributed by atoms with Crippen LogP contribution in [0.4, 0.5) is 14.5 Å². The molecule has 0 bridgehead atoms. The zero-order chi connectivity index (χ0) is 16.4. The van der Waals surface area contributed by atoms with Gasteiger partial charge in [0.15, 0.2) is 5.96 Å². The first-order valence-corrected chi connectivity index (χ1v) is 7.26. The number of guanidine groups is 1. The van der Waals surface area contributed by atoms with Crippen molar-refractivity contribution < 1.29 is 13.5 Å². The number of aliphatic imine (C=N–C) groups is 1. The summed E-state index contributed by atoms with van der Waals surface area (Å²) in [5.41, 5.74) is 6.71. The molecule has 0 aliphatic heterocycles. The highest BCUT2D eigenvalue weighted by molar-refractivity contribution is 14.0. The summed E-state index contributed by atoms with van der Waals surface area (Å²) in [5.74, 6) is -0.362. The first kappa shape index (κ1) is 18.4. The van der Waals surface area contributed by atoms with Crippen molar-refractivity contribution in [1.82, 2.24) is 0 Å². The van der Waals surface area contributed by atoms with Crippen LogP contribution in [0, 0.1) is 11.6 Å². The van der Waals surface area contributed by atoms with Gasteiger partial charge in [-0.3, -0.25) is 0 Å². The van der Waals surface area contributed by atoms with Crippen LogP contribution >= 0.6 is 24.0 Å². The molecule has 1 aliphatic rings. The fourth-order valence-electron chi connectivity index (χ4n) is 2.53. The lowest BCUT2D eigenvalue weighted by atomic mass is 10.1. The number of nitrogens with one attached hydrogen (secondary N) is 1. The lowest BCUT2D eigenvalue weighted by Gasteiger charge is -2.07. The molecule has 0 amide bonds. The molecule has 1 fully saturated rings. The maximum absolute atomic E-state index is 13.7. The van der Waals surface area contributed by atoms with Gasteiger partial charge in [-0.15, -0.1) is 24.0 Å². The molecule has 24 heavy (non-hydrogen) atoms. The van der Waals surface area contributed by atoms with E-state index >= 15 is 0 Å². The number of hydrogen-bond donors (Lipinski definition) is 2. The van der Waals surface area contributed by atoms with Gasteiger partial charge in [0.25, 0.3) is 0 Å². The van der Waals surface area contributed by atoms with Gasteiger partial charge in [0.05, 0.1) is 13.2 Å². The molecule has 2 atom stereocenters. The van der Waals surface area contributed by atoms with E-state index in [1.165, 1.54) is 18.2 Å². The third kappa shape index (κ3) is 4.14. The lowest BCUT2D eigenvalue weighted by molar-refractivity contribution is 0.415. The van der Waals surface area contributed by atoms with Crippen molar-refractivity contribution >= 4 is 35.6 Å². The Morgan fingerprint density at radius 3 is 2.38 bits per heavy atom. The Bertz CT molecular complexity index is 717. The number of hydrogen-bond acceptors (Lipinski definition) is 2. The number of methoxy groups -OCH3 is 1. The summed E-state index contributed by atoms with van der Waals surface area (Å²) >= 11 is 0. The predicted molar refractivity (Wildman–Crippen MR) is 101 cm³/mol. The summed E-state index contributed by atoms with van der Waals surface area (Å²) in [7, 11) is 1.59. The van der Waals surface area contributed by atoms with E-state index in [-0.39, 0.29) is 47.5 Å². The molecule has 1 aliphatic carbocycles. The summed E-state index contributed by atoms with van der Waals surface area (Å²) in [5, 5.41) is 2.95. The molecular formula is C17H18F2IN3O. The zero-order valence-corrected chi connectivity index (χ0v) is 15.3. The Hall–Kier alpha value is -1.90. The normalized spacial score (nSPS) is 19.4. The topological polar surface area (TPSA) is 59.6 Å². The Labute approximate surface area is 156 Å². The number of nitrogens with two attached hydrogens (primary N) is 1. The van der Waals surface area contributed by atoms with E-state index in [4.69, 9.17) is 10.5 Å². The molecule has 7 heteroatoms. The second-order valence-electron chi connectivity index (χ2n) is 5.41. The van der Waals surface area contributed by atoms with Crippen LogP contribution in [0.2, 0.25) is 0 Å². The number of ether oxygens (including phenoxy) is 1. The first-order valence-electron chi connectivity index (χ1n) is 7.26. The quantitative estimate of drug-likeness (QED) is 0.427. The average molecular weight is 445 g/mol. The lowest BCUT2D eigenvalue weighted by Crippen LogP contribution is -2.23. The van der Waals surface area contributed by atoms with Crippen molar-refractivity contribution in [2.24, 2.45) is 10.7 Å². The number of rotatable bonds is 4. The minimum absolute atomic E-state index is 0. The standard InChI is InChI=1S/C17H17F2N3O.HI/c1-23-11-7-5-10(6-8-11)21-17(20)22-15-9-12(15)16-13(18)3-2-4-14(16)19;/h2-8,12,15H,9H2,1H3,(H3,20,21,22);1H. The highest BCUT2D eigenvalue weighted by Crippen LogP contribution is 2.45. The summed E-state index contributed by atoms with van der Waals surface area (Å²) in [6.45, 7) is 0. The molecule has 4 nitrogen and oxygen atoms in total. The van der Waals surface area contributed by atoms with Crippen molar-refractivity contribution in [3.8, 4) is 5.75 Å². The van der Waals surface area contributed by atoms with Crippen LogP contribution in [0.25, 0.3) is 0 Å². The molecule has 2 unspecified atom stereocenters. The smallest absolute Gasteiger partial charge is 0.193 e. The second kappa shape index (κ2) is 7.78. The monoisotopic (exact) mass is 445 g/mol. The van der Waals surface area contributed by atoms with Gasteiger partial charge in [0.2, 0.25) is 0 Å². The highest BCUT2D eigenvalue weighted by Gasteiger charge is 2.42. The van der Waals surface area contributed by atoms with Gasteiger partial charge in [-0.05, 0) is 42.8 Å². The van der Waals surface area contributed by atoms with Gasteiger partial charge in [0, 0.05) is 17.2 Å². The molecule has 0 heterocycles. The predicted octanol–water partition coefficient (Wildman–Crippen LogP) is 3.87. The van der Waals surface area contributed by atoms with Crippen molar-refractivity contribution in [3.63, 3.8) is 0 Å². The maximum Gasteiger partial charge on any atom is 0.193 e. The molecule has 0 spiro atoms. The molecule has 3 rings (SSSR count). The zero-order valence-electron chi connectivity index (χ0n) is 13.0. The van der Waals surface area contributed by atoms with Crippen LogP contribution in [0.3, 0.4) is 0 Å². The van der Waals surface area contributed by atoms with Crippen LogP contribution in [-0.2, 0) is 0 Å². The SMILES string of the molecule is COc1ccc(NC(N)=NC2CC2c2c(F)cccc2F)cc1.I. The van der Waals surface area contributed by atoms with Crippen molar-refractivity contribution in [2.45, 2.75) is 18.4 Å². The summed E-state index contributed by atoms with van der Waals surface area (Å²) in [6.07, 6.45) is 0.586. The largest absolute Gasteiger partial charge is 0.497 e. The van der Waals surface area contributed by atoms with Gasteiger partial charge in [-0.25, -0.2) is 13.8 Å². The van der Waals surface area contributed by atoms with Gasteiger partial charge >= 0.3 is 0 Å². The van der Waals surface area contributed by atoms with Gasteiger partial charge in [-0.2, -0.15) is 0 Å². The van der Waals surface area contributed by atoms with E-state index < -0.39 is 11.6 Å².